The highest BCUT2D eigenvalue weighted by atomic mass is 19.4. The number of phenolic OH excluding ortho intramolecular Hbond substituents is 1. The number of halogens is 5. The number of alkyl halides is 5. The molecule has 7 heteroatoms. The number of rotatable bonds is 0. The predicted molar refractivity (Wildman–Crippen MR) is 57.6 cm³/mol. The summed E-state index contributed by atoms with van der Waals surface area (Å²) in [6, 6.07) is 2.80. The number of phenols is 1. The Morgan fingerprint density at radius 1 is 1.26 bits per heavy atom. The fraction of sp³-hybridized carbons (Fsp3) is 0.417. The first kappa shape index (κ1) is 15.4. The molecule has 1 aromatic rings. The quantitative estimate of drug-likeness (QED) is 0.737. The third-order valence-electron chi connectivity index (χ3n) is 2.45. The normalized spacial score (nSPS) is 16.7. The molecule has 0 unspecified atom stereocenters. The van der Waals surface area contributed by atoms with E-state index in [9.17, 15) is 31.9 Å². The van der Waals surface area contributed by atoms with Crippen LogP contribution in [-0.4, -0.2) is 23.0 Å². The summed E-state index contributed by atoms with van der Waals surface area (Å²) in [5.41, 5.74) is 0.537. The maximum Gasteiger partial charge on any atom is 0.386 e. The van der Waals surface area contributed by atoms with Crippen LogP contribution in [0.4, 0.5) is 22.0 Å². The van der Waals surface area contributed by atoms with E-state index in [2.05, 4.69) is 0 Å². The number of aromatic hydroxyl groups is 1. The Bertz CT molecular complexity index is 500. The van der Waals surface area contributed by atoms with E-state index in [1.54, 1.807) is 6.92 Å². The summed E-state index contributed by atoms with van der Waals surface area (Å²) in [6.07, 6.45) is -4.69. The first-order chi connectivity index (χ1) is 8.43. The molecule has 0 aliphatic heterocycles. The van der Waals surface area contributed by atoms with E-state index >= 15 is 0 Å². The smallest absolute Gasteiger partial charge is 0.386 e. The van der Waals surface area contributed by atoms with Gasteiger partial charge in [0.25, 0.3) is 0 Å². The summed E-state index contributed by atoms with van der Waals surface area (Å²) >= 11 is 0. The van der Waals surface area contributed by atoms with E-state index in [1.807, 2.05) is 0 Å². The topological polar surface area (TPSA) is 37.3 Å². The van der Waals surface area contributed by atoms with Gasteiger partial charge in [-0.05, 0) is 18.6 Å². The van der Waals surface area contributed by atoms with E-state index in [4.69, 9.17) is 0 Å². The Labute approximate surface area is 105 Å². The molecule has 0 spiro atoms. The molecule has 2 nitrogen and oxygen atoms in total. The number of ketones is 1. The fourth-order valence-electron chi connectivity index (χ4n) is 1.73. The van der Waals surface area contributed by atoms with E-state index < -0.39 is 24.3 Å². The van der Waals surface area contributed by atoms with Crippen molar-refractivity contribution in [1.82, 2.24) is 0 Å². The number of aryl methyl sites for hydroxylation is 1. The van der Waals surface area contributed by atoms with Crippen LogP contribution < -0.4 is 0 Å². The van der Waals surface area contributed by atoms with Gasteiger partial charge < -0.3 is 5.11 Å². The zero-order valence-electron chi connectivity index (χ0n) is 10.1. The minimum Gasteiger partial charge on any atom is -0.508 e. The molecule has 0 aromatic heterocycles. The number of carbonyl (C=O) groups is 1. The summed E-state index contributed by atoms with van der Waals surface area (Å²) < 4.78 is 57.1. The van der Waals surface area contributed by atoms with Gasteiger partial charge in [0.15, 0.2) is 0 Å². The molecule has 0 radical (unpaired) electrons. The molecule has 0 atom stereocenters. The largest absolute Gasteiger partial charge is 0.508 e. The van der Waals surface area contributed by atoms with Gasteiger partial charge in [0.2, 0.25) is 5.78 Å². The molecule has 19 heavy (non-hydrogen) atoms. The predicted octanol–water partition coefficient (Wildman–Crippen LogP) is 3.64. The van der Waals surface area contributed by atoms with Crippen molar-refractivity contribution < 1.29 is 31.9 Å². The molecule has 1 N–H and O–H groups in total. The highest BCUT2D eigenvalue weighted by molar-refractivity contribution is 6.07. The molecule has 1 aliphatic rings. The lowest BCUT2D eigenvalue weighted by Gasteiger charge is -2.03. The van der Waals surface area contributed by atoms with Gasteiger partial charge in [0, 0.05) is 24.5 Å². The Hall–Kier alpha value is -1.66. The van der Waals surface area contributed by atoms with Crippen molar-refractivity contribution in [2.45, 2.75) is 32.4 Å². The molecular formula is C12H11F5O2. The summed E-state index contributed by atoms with van der Waals surface area (Å²) in [7, 11) is 0. The third-order valence-corrected chi connectivity index (χ3v) is 2.45. The Balaban J connectivity index is 0.000000312. The zero-order valence-corrected chi connectivity index (χ0v) is 10.1. The van der Waals surface area contributed by atoms with Gasteiger partial charge >= 0.3 is 12.1 Å². The van der Waals surface area contributed by atoms with Crippen molar-refractivity contribution in [2.24, 2.45) is 0 Å². The van der Waals surface area contributed by atoms with Crippen molar-refractivity contribution >= 4 is 5.78 Å². The SMILES string of the molecule is CC(F)(F)F.Cc1ccc(O)c2c1C(=O)C(F)(F)C2. The van der Waals surface area contributed by atoms with Crippen molar-refractivity contribution in [3.63, 3.8) is 0 Å². The summed E-state index contributed by atoms with van der Waals surface area (Å²) in [4.78, 5) is 11.2. The standard InChI is InChI=1S/C10H8F2O2.C2H3F3/c1-5-2-3-7(13)6-4-10(11,12)9(14)8(5)6;1-2(3,4)5/h2-3,13H,4H2,1H3;1H3. The van der Waals surface area contributed by atoms with Crippen LogP contribution in [0.15, 0.2) is 12.1 Å². The maximum absolute atomic E-state index is 13.0. The highest BCUT2D eigenvalue weighted by Crippen LogP contribution is 2.40. The van der Waals surface area contributed by atoms with Gasteiger partial charge in [-0.3, -0.25) is 4.79 Å². The zero-order chi connectivity index (χ0) is 15.0. The van der Waals surface area contributed by atoms with Crippen LogP contribution in [-0.2, 0) is 6.42 Å². The van der Waals surface area contributed by atoms with Gasteiger partial charge in [-0.15, -0.1) is 0 Å². The number of benzene rings is 1. The molecule has 0 saturated heterocycles. The molecule has 0 heterocycles. The fourth-order valence-corrected chi connectivity index (χ4v) is 1.73. The third kappa shape index (κ3) is 3.65. The Kier molecular flexibility index (Phi) is 3.88. The second-order valence-corrected chi connectivity index (χ2v) is 4.25. The van der Waals surface area contributed by atoms with Crippen LogP contribution in [0.5, 0.6) is 5.75 Å². The average molecular weight is 282 g/mol. The van der Waals surface area contributed by atoms with E-state index in [-0.39, 0.29) is 23.8 Å². The van der Waals surface area contributed by atoms with Gasteiger partial charge in [-0.1, -0.05) is 6.07 Å². The number of carbonyl (C=O) groups excluding carboxylic acids is 1. The van der Waals surface area contributed by atoms with Crippen molar-refractivity contribution in [3.05, 3.63) is 28.8 Å². The minimum atomic E-state index is -4.00. The Morgan fingerprint density at radius 3 is 2.16 bits per heavy atom. The summed E-state index contributed by atoms with van der Waals surface area (Å²) in [5, 5.41) is 9.32. The second-order valence-electron chi connectivity index (χ2n) is 4.25. The molecule has 0 amide bonds. The van der Waals surface area contributed by atoms with Crippen LogP contribution in [0, 0.1) is 6.92 Å². The van der Waals surface area contributed by atoms with E-state index in [0.29, 0.717) is 5.56 Å². The lowest BCUT2D eigenvalue weighted by atomic mass is 10.0. The average Bonchev–Trinajstić information content (AvgIpc) is 2.43. The number of hydrogen-bond acceptors (Lipinski definition) is 2. The molecule has 2 rings (SSSR count). The van der Waals surface area contributed by atoms with Crippen LogP contribution in [0.3, 0.4) is 0 Å². The van der Waals surface area contributed by atoms with Crippen LogP contribution >= 0.6 is 0 Å². The lowest BCUT2D eigenvalue weighted by molar-refractivity contribution is -0.110. The molecule has 1 aromatic carbocycles. The van der Waals surface area contributed by atoms with Crippen LogP contribution in [0.2, 0.25) is 0 Å². The molecule has 106 valence electrons. The molecule has 0 fully saturated rings. The van der Waals surface area contributed by atoms with Gasteiger partial charge in [0.05, 0.1) is 0 Å². The first-order valence-corrected chi connectivity index (χ1v) is 5.24. The van der Waals surface area contributed by atoms with Crippen molar-refractivity contribution in [2.75, 3.05) is 0 Å². The summed E-state index contributed by atoms with van der Waals surface area (Å²) in [6.45, 7) is 1.77. The highest BCUT2D eigenvalue weighted by Gasteiger charge is 2.48. The number of Topliss-reactive ketones (excluding diaryl/α,β-unsaturated/α-hetero) is 1. The maximum atomic E-state index is 13.0. The molecule has 0 saturated carbocycles. The van der Waals surface area contributed by atoms with Gasteiger partial charge in [-0.2, -0.15) is 22.0 Å². The Morgan fingerprint density at radius 2 is 1.74 bits per heavy atom. The monoisotopic (exact) mass is 282 g/mol. The van der Waals surface area contributed by atoms with Gasteiger partial charge in [0.1, 0.15) is 5.75 Å². The van der Waals surface area contributed by atoms with E-state index in [1.165, 1.54) is 12.1 Å². The second kappa shape index (κ2) is 4.79. The molecule has 0 bridgehead atoms. The van der Waals surface area contributed by atoms with Crippen molar-refractivity contribution in [1.29, 1.82) is 0 Å². The van der Waals surface area contributed by atoms with E-state index in [0.717, 1.165) is 0 Å². The van der Waals surface area contributed by atoms with Crippen LogP contribution in [0.1, 0.15) is 28.4 Å². The molecular weight excluding hydrogens is 271 g/mol. The number of fused-ring (bicyclic) bond motifs is 1. The van der Waals surface area contributed by atoms with Gasteiger partial charge in [-0.25, -0.2) is 0 Å². The minimum absolute atomic E-state index is 0.0185. The molecule has 1 aliphatic carbocycles. The van der Waals surface area contributed by atoms with Crippen molar-refractivity contribution in [3.8, 4) is 5.75 Å². The summed E-state index contributed by atoms with van der Waals surface area (Å²) in [5.74, 6) is -4.76. The first-order valence-electron chi connectivity index (χ1n) is 5.24. The lowest BCUT2D eigenvalue weighted by Crippen LogP contribution is -2.24. The number of hydrogen-bond donors (Lipinski definition) is 1. The van der Waals surface area contributed by atoms with Crippen LogP contribution in [0.25, 0.3) is 0 Å².